The molecule has 0 spiro atoms. The fraction of sp³-hybridized carbons (Fsp3) is 0.312. The van der Waals surface area contributed by atoms with Gasteiger partial charge in [-0.25, -0.2) is 0 Å². The second-order valence-corrected chi connectivity index (χ2v) is 4.79. The molecule has 1 aromatic heterocycles. The first kappa shape index (κ1) is 13.7. The number of aliphatic hydroxyl groups excluding tert-OH is 1. The van der Waals surface area contributed by atoms with Crippen LogP contribution in [0.5, 0.6) is 0 Å². The number of nitrogens with one attached hydrogen (secondary N) is 1. The number of hydrogen-bond acceptors (Lipinski definition) is 3. The summed E-state index contributed by atoms with van der Waals surface area (Å²) < 4.78 is 0. The van der Waals surface area contributed by atoms with Gasteiger partial charge < -0.3 is 10.4 Å². The van der Waals surface area contributed by atoms with E-state index in [1.54, 1.807) is 0 Å². The van der Waals surface area contributed by atoms with Crippen LogP contribution in [-0.4, -0.2) is 23.2 Å². The molecule has 100 valence electrons. The van der Waals surface area contributed by atoms with E-state index >= 15 is 0 Å². The van der Waals surface area contributed by atoms with Gasteiger partial charge in [0.15, 0.2) is 0 Å². The second-order valence-electron chi connectivity index (χ2n) is 4.79. The molecule has 0 aliphatic heterocycles. The summed E-state index contributed by atoms with van der Waals surface area (Å²) >= 11 is 0. The topological polar surface area (TPSA) is 45.1 Å². The monoisotopic (exact) mass is 256 g/mol. The first-order valence-electron chi connectivity index (χ1n) is 6.61. The van der Waals surface area contributed by atoms with Gasteiger partial charge in [-0.2, -0.15) is 0 Å². The number of pyridine rings is 1. The maximum absolute atomic E-state index is 9.13. The van der Waals surface area contributed by atoms with Gasteiger partial charge in [0.2, 0.25) is 0 Å². The highest BCUT2D eigenvalue weighted by atomic mass is 16.3. The smallest absolute Gasteiger partial charge is 0.0751 e. The fourth-order valence-corrected chi connectivity index (χ4v) is 1.97. The lowest BCUT2D eigenvalue weighted by Crippen LogP contribution is -2.29. The van der Waals surface area contributed by atoms with Crippen molar-refractivity contribution in [3.8, 4) is 0 Å². The SMILES string of the molecule is CC(CO)CNC(c1ccccc1)c1ccccn1. The van der Waals surface area contributed by atoms with E-state index in [-0.39, 0.29) is 18.6 Å². The molecule has 0 aliphatic carbocycles. The fourth-order valence-electron chi connectivity index (χ4n) is 1.97. The average molecular weight is 256 g/mol. The molecule has 3 heteroatoms. The Labute approximate surface area is 114 Å². The van der Waals surface area contributed by atoms with Gasteiger partial charge in [-0.05, 0) is 23.6 Å². The summed E-state index contributed by atoms with van der Waals surface area (Å²) in [6, 6.07) is 16.3. The second kappa shape index (κ2) is 7.02. The molecule has 0 saturated heterocycles. The summed E-state index contributed by atoms with van der Waals surface area (Å²) in [6.45, 7) is 2.97. The first-order valence-corrected chi connectivity index (χ1v) is 6.61. The van der Waals surface area contributed by atoms with Gasteiger partial charge in [0.05, 0.1) is 11.7 Å². The Morgan fingerprint density at radius 3 is 2.47 bits per heavy atom. The molecule has 0 aliphatic rings. The van der Waals surface area contributed by atoms with Crippen LogP contribution in [0.1, 0.15) is 24.2 Å². The molecule has 0 radical (unpaired) electrons. The van der Waals surface area contributed by atoms with Gasteiger partial charge in [0.1, 0.15) is 0 Å². The molecule has 1 heterocycles. The summed E-state index contributed by atoms with van der Waals surface area (Å²) in [5.41, 5.74) is 2.19. The zero-order valence-electron chi connectivity index (χ0n) is 11.2. The van der Waals surface area contributed by atoms with Crippen molar-refractivity contribution in [1.29, 1.82) is 0 Å². The predicted molar refractivity (Wildman–Crippen MR) is 76.8 cm³/mol. The minimum atomic E-state index is 0.0661. The van der Waals surface area contributed by atoms with E-state index in [2.05, 4.69) is 22.4 Å². The van der Waals surface area contributed by atoms with Crippen molar-refractivity contribution in [2.45, 2.75) is 13.0 Å². The lowest BCUT2D eigenvalue weighted by atomic mass is 10.0. The maximum Gasteiger partial charge on any atom is 0.0751 e. The molecule has 3 nitrogen and oxygen atoms in total. The third-order valence-corrected chi connectivity index (χ3v) is 3.10. The van der Waals surface area contributed by atoms with E-state index < -0.39 is 0 Å². The molecule has 2 unspecified atom stereocenters. The normalized spacial score (nSPS) is 14.0. The van der Waals surface area contributed by atoms with Crippen molar-refractivity contribution in [3.63, 3.8) is 0 Å². The Morgan fingerprint density at radius 1 is 1.11 bits per heavy atom. The van der Waals surface area contributed by atoms with Crippen molar-refractivity contribution in [1.82, 2.24) is 10.3 Å². The van der Waals surface area contributed by atoms with E-state index in [1.165, 1.54) is 5.56 Å². The summed E-state index contributed by atoms with van der Waals surface area (Å²) in [6.07, 6.45) is 1.81. The number of nitrogens with zero attached hydrogens (tertiary/aromatic N) is 1. The number of aromatic nitrogens is 1. The van der Waals surface area contributed by atoms with Crippen molar-refractivity contribution in [2.24, 2.45) is 5.92 Å². The highest BCUT2D eigenvalue weighted by Crippen LogP contribution is 2.19. The summed E-state index contributed by atoms with van der Waals surface area (Å²) in [4.78, 5) is 4.43. The quantitative estimate of drug-likeness (QED) is 0.834. The molecule has 0 saturated carbocycles. The van der Waals surface area contributed by atoms with Crippen LogP contribution in [0.3, 0.4) is 0 Å². The van der Waals surface area contributed by atoms with Crippen molar-refractivity contribution < 1.29 is 5.11 Å². The van der Waals surface area contributed by atoms with E-state index in [9.17, 15) is 0 Å². The molecule has 0 bridgehead atoms. The van der Waals surface area contributed by atoms with Crippen LogP contribution >= 0.6 is 0 Å². The Morgan fingerprint density at radius 2 is 1.84 bits per heavy atom. The molecule has 2 aromatic rings. The number of rotatable bonds is 6. The minimum absolute atomic E-state index is 0.0661. The highest BCUT2D eigenvalue weighted by molar-refractivity contribution is 5.27. The molecule has 2 rings (SSSR count). The molecule has 1 aromatic carbocycles. The predicted octanol–water partition coefficient (Wildman–Crippen LogP) is 2.39. The number of aliphatic hydroxyl groups is 1. The molecular formula is C16H20N2O. The molecule has 2 atom stereocenters. The van der Waals surface area contributed by atoms with Crippen LogP contribution in [0.2, 0.25) is 0 Å². The molecular weight excluding hydrogens is 236 g/mol. The van der Waals surface area contributed by atoms with Gasteiger partial charge in [0, 0.05) is 19.3 Å². The minimum Gasteiger partial charge on any atom is -0.396 e. The Kier molecular flexibility index (Phi) is 5.07. The average Bonchev–Trinajstić information content (AvgIpc) is 2.49. The summed E-state index contributed by atoms with van der Waals surface area (Å²) in [5, 5.41) is 12.6. The van der Waals surface area contributed by atoms with Gasteiger partial charge in [0.25, 0.3) is 0 Å². The molecule has 0 fully saturated rings. The Balaban J connectivity index is 2.19. The molecule has 2 N–H and O–H groups in total. The van der Waals surface area contributed by atoms with Crippen LogP contribution in [0.4, 0.5) is 0 Å². The first-order chi connectivity index (χ1) is 9.31. The van der Waals surface area contributed by atoms with E-state index in [0.717, 1.165) is 12.2 Å². The summed E-state index contributed by atoms with van der Waals surface area (Å²) in [5.74, 6) is 0.231. The lowest BCUT2D eigenvalue weighted by Gasteiger charge is -2.20. The molecule has 0 amide bonds. The van der Waals surface area contributed by atoms with E-state index in [0.29, 0.717) is 0 Å². The largest absolute Gasteiger partial charge is 0.396 e. The number of benzene rings is 1. The van der Waals surface area contributed by atoms with E-state index in [1.807, 2.05) is 49.5 Å². The van der Waals surface area contributed by atoms with E-state index in [4.69, 9.17) is 5.11 Å². The highest BCUT2D eigenvalue weighted by Gasteiger charge is 2.15. The van der Waals surface area contributed by atoms with Crippen molar-refractivity contribution in [3.05, 3.63) is 66.0 Å². The summed E-state index contributed by atoms with van der Waals surface area (Å²) in [7, 11) is 0. The van der Waals surface area contributed by atoms with Crippen molar-refractivity contribution in [2.75, 3.05) is 13.2 Å². The standard InChI is InChI=1S/C16H20N2O/c1-13(12-19)11-18-16(14-7-3-2-4-8-14)15-9-5-6-10-17-15/h2-10,13,16,18-19H,11-12H2,1H3. The van der Waals surface area contributed by atoms with Crippen LogP contribution in [-0.2, 0) is 0 Å². The van der Waals surface area contributed by atoms with Crippen molar-refractivity contribution >= 4 is 0 Å². The zero-order valence-corrected chi connectivity index (χ0v) is 11.2. The zero-order chi connectivity index (χ0) is 13.5. The van der Waals surface area contributed by atoms with Gasteiger partial charge in [-0.15, -0.1) is 0 Å². The Bertz CT molecular complexity index is 433. The van der Waals surface area contributed by atoms with Crippen LogP contribution in [0, 0.1) is 5.92 Å². The third-order valence-electron chi connectivity index (χ3n) is 3.10. The van der Waals surface area contributed by atoms with Crippen LogP contribution in [0.25, 0.3) is 0 Å². The maximum atomic E-state index is 9.13. The van der Waals surface area contributed by atoms with Crippen LogP contribution in [0.15, 0.2) is 54.7 Å². The van der Waals surface area contributed by atoms with Gasteiger partial charge >= 0.3 is 0 Å². The van der Waals surface area contributed by atoms with Crippen LogP contribution < -0.4 is 5.32 Å². The van der Waals surface area contributed by atoms with Gasteiger partial charge in [-0.3, -0.25) is 4.98 Å². The lowest BCUT2D eigenvalue weighted by molar-refractivity contribution is 0.231. The number of hydrogen-bond donors (Lipinski definition) is 2. The third kappa shape index (κ3) is 3.88. The van der Waals surface area contributed by atoms with Gasteiger partial charge in [-0.1, -0.05) is 43.3 Å². The molecule has 19 heavy (non-hydrogen) atoms. The Hall–Kier alpha value is -1.71.